The van der Waals surface area contributed by atoms with Crippen molar-refractivity contribution in [2.45, 2.75) is 144 Å². The van der Waals surface area contributed by atoms with Gasteiger partial charge < -0.3 is 20.3 Å². The summed E-state index contributed by atoms with van der Waals surface area (Å²) in [6.45, 7) is 18.7. The van der Waals surface area contributed by atoms with Gasteiger partial charge in [-0.3, -0.25) is 9.59 Å². The maximum atomic E-state index is 14.5. The molecule has 2 N–H and O–H groups in total. The summed E-state index contributed by atoms with van der Waals surface area (Å²) < 4.78 is 5.53. The number of ether oxygens (including phenoxy) is 1. The van der Waals surface area contributed by atoms with Gasteiger partial charge >= 0.3 is 6.09 Å². The van der Waals surface area contributed by atoms with Crippen LogP contribution >= 0.6 is 0 Å². The monoisotopic (exact) mass is 573 g/mol. The highest BCUT2D eigenvalue weighted by Crippen LogP contribution is 2.27. The van der Waals surface area contributed by atoms with E-state index in [1.807, 2.05) is 39.8 Å². The first-order chi connectivity index (χ1) is 19.3. The van der Waals surface area contributed by atoms with E-state index in [1.165, 1.54) is 19.3 Å². The molecule has 1 rings (SSSR count). The zero-order valence-corrected chi connectivity index (χ0v) is 27.5. The number of nitrogens with one attached hydrogen (secondary N) is 2. The molecule has 7 heteroatoms. The molecule has 41 heavy (non-hydrogen) atoms. The Bertz CT molecular complexity index is 920. The molecule has 0 saturated heterocycles. The van der Waals surface area contributed by atoms with Crippen molar-refractivity contribution >= 4 is 17.9 Å². The van der Waals surface area contributed by atoms with Crippen LogP contribution in [0.3, 0.4) is 0 Å². The molecule has 0 heterocycles. The Labute approximate surface area is 250 Å². The van der Waals surface area contributed by atoms with Crippen LogP contribution in [-0.4, -0.2) is 47.5 Å². The third-order valence-corrected chi connectivity index (χ3v) is 7.39. The minimum atomic E-state index is -0.809. The second kappa shape index (κ2) is 18.8. The van der Waals surface area contributed by atoms with Crippen LogP contribution in [0.5, 0.6) is 0 Å². The maximum absolute atomic E-state index is 14.5. The summed E-state index contributed by atoms with van der Waals surface area (Å²) in [5.74, 6) is -0.563. The summed E-state index contributed by atoms with van der Waals surface area (Å²) in [5, 5.41) is 5.98. The van der Waals surface area contributed by atoms with Gasteiger partial charge in [-0.2, -0.15) is 0 Å². The fraction of sp³-hybridized carbons (Fsp3) is 0.735. The van der Waals surface area contributed by atoms with Gasteiger partial charge in [0, 0.05) is 13.1 Å². The average molecular weight is 574 g/mol. The molecule has 0 saturated carbocycles. The van der Waals surface area contributed by atoms with Gasteiger partial charge in [-0.05, 0) is 58.9 Å². The molecule has 234 valence electrons. The number of benzene rings is 1. The number of carbonyl (C=O) groups excluding carboxylic acids is 3. The second-order valence-electron chi connectivity index (χ2n) is 12.6. The van der Waals surface area contributed by atoms with E-state index in [0.29, 0.717) is 19.5 Å². The number of amides is 3. The van der Waals surface area contributed by atoms with Gasteiger partial charge in [-0.15, -0.1) is 0 Å². The molecule has 0 aromatic heterocycles. The summed E-state index contributed by atoms with van der Waals surface area (Å²) in [6.07, 6.45) is 9.45. The van der Waals surface area contributed by atoms with Crippen molar-refractivity contribution in [2.75, 3.05) is 13.1 Å². The van der Waals surface area contributed by atoms with Crippen LogP contribution in [0.2, 0.25) is 0 Å². The summed E-state index contributed by atoms with van der Waals surface area (Å²) in [6, 6.07) is 4.49. The van der Waals surface area contributed by atoms with Crippen LogP contribution in [0.1, 0.15) is 135 Å². The van der Waals surface area contributed by atoms with Crippen molar-refractivity contribution in [3.8, 4) is 0 Å². The summed E-state index contributed by atoms with van der Waals surface area (Å²) >= 11 is 0. The lowest BCUT2D eigenvalue weighted by Crippen LogP contribution is -2.55. The smallest absolute Gasteiger partial charge is 0.408 e. The standard InChI is InChI=1S/C34H59N3O4/c1-10-13-15-16-17-19-21-37(32(39)29(27(6)12-3)36-33(40)41-34(7,8)9)30(31(38)35-20-18-14-11-2)28-23-25(4)22-26(5)24-28/h22-24,27,29-30H,10-21H2,1-9H3,(H,35,38)(H,36,40). The highest BCUT2D eigenvalue weighted by Gasteiger charge is 2.38. The molecule has 3 amide bonds. The largest absolute Gasteiger partial charge is 0.444 e. The van der Waals surface area contributed by atoms with Crippen molar-refractivity contribution < 1.29 is 19.1 Å². The highest BCUT2D eigenvalue weighted by molar-refractivity contribution is 5.92. The molecule has 3 atom stereocenters. The topological polar surface area (TPSA) is 87.7 Å². The Hall–Kier alpha value is -2.57. The van der Waals surface area contributed by atoms with Gasteiger partial charge in [0.2, 0.25) is 11.8 Å². The number of hydrogen-bond donors (Lipinski definition) is 2. The molecule has 3 unspecified atom stereocenters. The Balaban J connectivity index is 3.50. The number of nitrogens with zero attached hydrogens (tertiary/aromatic N) is 1. The molecule has 0 spiro atoms. The van der Waals surface area contributed by atoms with Gasteiger partial charge in [-0.1, -0.05) is 108 Å². The number of hydrogen-bond acceptors (Lipinski definition) is 4. The first kappa shape index (κ1) is 36.5. The SMILES string of the molecule is CCCCCCCCN(C(=O)C(NC(=O)OC(C)(C)C)C(C)CC)C(C(=O)NCCCCC)c1cc(C)cc(C)c1. The van der Waals surface area contributed by atoms with Crippen molar-refractivity contribution in [2.24, 2.45) is 5.92 Å². The van der Waals surface area contributed by atoms with Crippen LogP contribution in [0.25, 0.3) is 0 Å². The van der Waals surface area contributed by atoms with Gasteiger partial charge in [0.15, 0.2) is 0 Å². The Kier molecular flexibility index (Phi) is 16.7. The minimum absolute atomic E-state index is 0.144. The van der Waals surface area contributed by atoms with E-state index in [0.717, 1.165) is 55.2 Å². The van der Waals surface area contributed by atoms with E-state index < -0.39 is 23.8 Å². The van der Waals surface area contributed by atoms with Gasteiger partial charge in [0.25, 0.3) is 0 Å². The number of unbranched alkanes of at least 4 members (excludes halogenated alkanes) is 7. The number of alkyl carbamates (subject to hydrolysis) is 1. The van der Waals surface area contributed by atoms with Crippen molar-refractivity contribution in [3.63, 3.8) is 0 Å². The zero-order valence-electron chi connectivity index (χ0n) is 27.5. The predicted octanol–water partition coefficient (Wildman–Crippen LogP) is 7.78. The molecule has 7 nitrogen and oxygen atoms in total. The van der Waals surface area contributed by atoms with Gasteiger partial charge in [-0.25, -0.2) is 4.79 Å². The fourth-order valence-corrected chi connectivity index (χ4v) is 5.05. The van der Waals surface area contributed by atoms with Crippen LogP contribution in [0.4, 0.5) is 4.79 Å². The van der Waals surface area contributed by atoms with Crippen molar-refractivity contribution in [1.29, 1.82) is 0 Å². The van der Waals surface area contributed by atoms with E-state index in [1.54, 1.807) is 25.7 Å². The van der Waals surface area contributed by atoms with E-state index in [9.17, 15) is 14.4 Å². The summed E-state index contributed by atoms with van der Waals surface area (Å²) in [4.78, 5) is 42.9. The molecule has 0 aliphatic rings. The van der Waals surface area contributed by atoms with Crippen LogP contribution in [-0.2, 0) is 14.3 Å². The molecule has 0 bridgehead atoms. The maximum Gasteiger partial charge on any atom is 0.408 e. The van der Waals surface area contributed by atoms with Crippen LogP contribution in [0, 0.1) is 19.8 Å². The minimum Gasteiger partial charge on any atom is -0.444 e. The lowest BCUT2D eigenvalue weighted by Gasteiger charge is -2.36. The Morgan fingerprint density at radius 2 is 1.41 bits per heavy atom. The highest BCUT2D eigenvalue weighted by atomic mass is 16.6. The van der Waals surface area contributed by atoms with Gasteiger partial charge in [0.1, 0.15) is 17.7 Å². The second-order valence-corrected chi connectivity index (χ2v) is 12.6. The quantitative estimate of drug-likeness (QED) is 0.176. The average Bonchev–Trinajstić information content (AvgIpc) is 2.88. The normalized spacial score (nSPS) is 13.7. The van der Waals surface area contributed by atoms with Crippen molar-refractivity contribution in [1.82, 2.24) is 15.5 Å². The lowest BCUT2D eigenvalue weighted by molar-refractivity contribution is -0.143. The Morgan fingerprint density at radius 1 is 0.854 bits per heavy atom. The first-order valence-corrected chi connectivity index (χ1v) is 16.0. The van der Waals surface area contributed by atoms with Gasteiger partial charge in [0.05, 0.1) is 0 Å². The molecule has 0 fully saturated rings. The number of carbonyl (C=O) groups is 3. The summed E-state index contributed by atoms with van der Waals surface area (Å²) in [7, 11) is 0. The fourth-order valence-electron chi connectivity index (χ4n) is 5.05. The third-order valence-electron chi connectivity index (χ3n) is 7.39. The molecule has 0 radical (unpaired) electrons. The third kappa shape index (κ3) is 13.8. The van der Waals surface area contributed by atoms with Crippen molar-refractivity contribution in [3.05, 3.63) is 34.9 Å². The molecular weight excluding hydrogens is 514 g/mol. The number of rotatable bonds is 18. The van der Waals surface area contributed by atoms with E-state index in [4.69, 9.17) is 4.74 Å². The first-order valence-electron chi connectivity index (χ1n) is 16.0. The predicted molar refractivity (Wildman–Crippen MR) is 169 cm³/mol. The zero-order chi connectivity index (χ0) is 31.0. The molecule has 1 aromatic carbocycles. The summed E-state index contributed by atoms with van der Waals surface area (Å²) in [5.41, 5.74) is 2.20. The molecule has 0 aliphatic carbocycles. The van der Waals surface area contributed by atoms with E-state index in [-0.39, 0.29) is 17.7 Å². The molecular formula is C34H59N3O4. The number of aryl methyl sites for hydroxylation is 2. The lowest BCUT2D eigenvalue weighted by atomic mass is 9.94. The van der Waals surface area contributed by atoms with Crippen LogP contribution < -0.4 is 10.6 Å². The van der Waals surface area contributed by atoms with E-state index in [2.05, 4.69) is 30.5 Å². The Morgan fingerprint density at radius 3 is 1.98 bits per heavy atom. The van der Waals surface area contributed by atoms with Crippen LogP contribution in [0.15, 0.2) is 18.2 Å². The molecule has 0 aliphatic heterocycles. The molecule has 1 aromatic rings. The van der Waals surface area contributed by atoms with E-state index >= 15 is 0 Å².